The van der Waals surface area contributed by atoms with Gasteiger partial charge in [-0.15, -0.1) is 0 Å². The second-order valence-electron chi connectivity index (χ2n) is 5.36. The zero-order valence-electron chi connectivity index (χ0n) is 12.1. The van der Waals surface area contributed by atoms with Crippen molar-refractivity contribution in [2.75, 3.05) is 18.8 Å². The highest BCUT2D eigenvalue weighted by Crippen LogP contribution is 2.18. The van der Waals surface area contributed by atoms with Crippen molar-refractivity contribution in [1.82, 2.24) is 4.90 Å². The maximum absolute atomic E-state index is 12.3. The van der Waals surface area contributed by atoms with Crippen LogP contribution in [0.4, 0.5) is 0 Å². The molecule has 7 heteroatoms. The average molecular weight is 311 g/mol. The highest BCUT2D eigenvalue weighted by atomic mass is 32.2. The van der Waals surface area contributed by atoms with Gasteiger partial charge in [0.2, 0.25) is 0 Å². The zero-order valence-corrected chi connectivity index (χ0v) is 12.9. The molecule has 1 fully saturated rings. The molecule has 21 heavy (non-hydrogen) atoms. The Morgan fingerprint density at radius 3 is 2.62 bits per heavy atom. The highest BCUT2D eigenvalue weighted by Gasteiger charge is 2.23. The molecule has 0 saturated carbocycles. The van der Waals surface area contributed by atoms with E-state index in [1.165, 1.54) is 12.1 Å². The number of benzene rings is 1. The molecule has 1 aliphatic rings. The number of amidine groups is 1. The highest BCUT2D eigenvalue weighted by molar-refractivity contribution is 7.91. The molecule has 1 atom stereocenters. The van der Waals surface area contributed by atoms with Gasteiger partial charge in [-0.25, -0.2) is 8.42 Å². The van der Waals surface area contributed by atoms with E-state index in [1.807, 2.05) is 0 Å². The van der Waals surface area contributed by atoms with Crippen molar-refractivity contribution in [3.8, 4) is 0 Å². The van der Waals surface area contributed by atoms with Gasteiger partial charge in [-0.2, -0.15) is 0 Å². The number of hydrogen-bond donors (Lipinski definition) is 2. The Balaban J connectivity index is 2.05. The lowest BCUT2D eigenvalue weighted by atomic mass is 10.2. The number of oxime groups is 1. The smallest absolute Gasteiger partial charge is 0.179 e. The molecule has 2 rings (SSSR count). The van der Waals surface area contributed by atoms with Crippen LogP contribution in [0.2, 0.25) is 0 Å². The van der Waals surface area contributed by atoms with Gasteiger partial charge in [-0.1, -0.05) is 5.16 Å². The minimum absolute atomic E-state index is 0.0372. The van der Waals surface area contributed by atoms with Gasteiger partial charge in [0, 0.05) is 18.2 Å². The average Bonchev–Trinajstić information content (AvgIpc) is 2.90. The van der Waals surface area contributed by atoms with Gasteiger partial charge in [-0.3, -0.25) is 4.90 Å². The summed E-state index contributed by atoms with van der Waals surface area (Å²) in [4.78, 5) is 2.48. The van der Waals surface area contributed by atoms with Crippen molar-refractivity contribution < 1.29 is 13.6 Å². The Labute approximate surface area is 125 Å². The normalized spacial score (nSPS) is 20.8. The van der Waals surface area contributed by atoms with Crippen molar-refractivity contribution in [3.63, 3.8) is 0 Å². The molecule has 1 aromatic carbocycles. The SMILES string of the molecule is CC1CCCN1CCS(=O)(=O)c1ccc(/C(N)=N/O)cc1. The molecule has 1 unspecified atom stereocenters. The lowest BCUT2D eigenvalue weighted by Crippen LogP contribution is -2.32. The first-order valence-corrected chi connectivity index (χ1v) is 8.64. The van der Waals surface area contributed by atoms with Crippen molar-refractivity contribution >= 4 is 15.7 Å². The van der Waals surface area contributed by atoms with Gasteiger partial charge in [0.15, 0.2) is 15.7 Å². The summed E-state index contributed by atoms with van der Waals surface area (Å²) in [7, 11) is -3.31. The van der Waals surface area contributed by atoms with Gasteiger partial charge >= 0.3 is 0 Å². The Bertz CT molecular complexity index is 611. The molecule has 0 radical (unpaired) electrons. The van der Waals surface area contributed by atoms with E-state index in [-0.39, 0.29) is 16.5 Å². The second-order valence-corrected chi connectivity index (χ2v) is 7.46. The van der Waals surface area contributed by atoms with Gasteiger partial charge in [0.25, 0.3) is 0 Å². The molecule has 0 aliphatic carbocycles. The van der Waals surface area contributed by atoms with Crippen molar-refractivity contribution in [2.24, 2.45) is 10.9 Å². The molecule has 0 bridgehead atoms. The predicted octanol–water partition coefficient (Wildman–Crippen LogP) is 1.04. The molecule has 1 saturated heterocycles. The third-order valence-electron chi connectivity index (χ3n) is 3.95. The van der Waals surface area contributed by atoms with Crippen LogP contribution >= 0.6 is 0 Å². The Morgan fingerprint density at radius 2 is 2.10 bits per heavy atom. The molecule has 0 amide bonds. The maximum atomic E-state index is 12.3. The molecule has 1 heterocycles. The largest absolute Gasteiger partial charge is 0.409 e. The Morgan fingerprint density at radius 1 is 1.43 bits per heavy atom. The topological polar surface area (TPSA) is 96.0 Å². The van der Waals surface area contributed by atoms with Crippen LogP contribution in [0, 0.1) is 0 Å². The standard InChI is InChI=1S/C14H21N3O3S/c1-11-3-2-8-17(11)9-10-21(19,20)13-6-4-12(5-7-13)14(15)16-18/h4-7,11,18H,2-3,8-10H2,1H3,(H2,15,16). The molecule has 0 spiro atoms. The molecule has 1 aromatic rings. The zero-order chi connectivity index (χ0) is 15.5. The lowest BCUT2D eigenvalue weighted by Gasteiger charge is -2.20. The van der Waals surface area contributed by atoms with Gasteiger partial charge in [0.1, 0.15) is 0 Å². The lowest BCUT2D eigenvalue weighted by molar-refractivity contribution is 0.284. The van der Waals surface area contributed by atoms with Crippen molar-refractivity contribution in [1.29, 1.82) is 0 Å². The fourth-order valence-corrected chi connectivity index (χ4v) is 3.83. The molecule has 0 aromatic heterocycles. The van der Waals surface area contributed by atoms with E-state index < -0.39 is 9.84 Å². The molecule has 3 N–H and O–H groups in total. The minimum atomic E-state index is -3.31. The first-order valence-electron chi connectivity index (χ1n) is 6.99. The van der Waals surface area contributed by atoms with Crippen LogP contribution < -0.4 is 5.73 Å². The van der Waals surface area contributed by atoms with Gasteiger partial charge in [0.05, 0.1) is 10.6 Å². The Hall–Kier alpha value is -1.60. The van der Waals surface area contributed by atoms with E-state index in [4.69, 9.17) is 10.9 Å². The third kappa shape index (κ3) is 3.74. The summed E-state index contributed by atoms with van der Waals surface area (Å²) in [5.74, 6) is 0.0742. The van der Waals surface area contributed by atoms with Gasteiger partial charge in [-0.05, 0) is 50.6 Å². The van der Waals surface area contributed by atoms with E-state index in [1.54, 1.807) is 12.1 Å². The van der Waals surface area contributed by atoms with E-state index >= 15 is 0 Å². The van der Waals surface area contributed by atoms with E-state index in [0.29, 0.717) is 18.2 Å². The first kappa shape index (κ1) is 15.8. The number of nitrogens with zero attached hydrogens (tertiary/aromatic N) is 2. The van der Waals surface area contributed by atoms with Crippen LogP contribution in [0.15, 0.2) is 34.3 Å². The maximum Gasteiger partial charge on any atom is 0.179 e. The molecule has 6 nitrogen and oxygen atoms in total. The van der Waals surface area contributed by atoms with Crippen LogP contribution in [0.1, 0.15) is 25.3 Å². The number of rotatable bonds is 5. The molecule has 116 valence electrons. The van der Waals surface area contributed by atoms with Crippen molar-refractivity contribution in [3.05, 3.63) is 29.8 Å². The van der Waals surface area contributed by atoms with Crippen LogP contribution in [0.3, 0.4) is 0 Å². The summed E-state index contributed by atoms with van der Waals surface area (Å²) >= 11 is 0. The quantitative estimate of drug-likeness (QED) is 0.366. The second kappa shape index (κ2) is 6.44. The number of hydrogen-bond acceptors (Lipinski definition) is 5. The molecule has 1 aliphatic heterocycles. The third-order valence-corrected chi connectivity index (χ3v) is 5.67. The van der Waals surface area contributed by atoms with Crippen LogP contribution in [0.25, 0.3) is 0 Å². The molecular formula is C14H21N3O3S. The fourth-order valence-electron chi connectivity index (χ4n) is 2.57. The number of likely N-dealkylation sites (tertiary alicyclic amines) is 1. The minimum Gasteiger partial charge on any atom is -0.409 e. The fraction of sp³-hybridized carbons (Fsp3) is 0.500. The summed E-state index contributed by atoms with van der Waals surface area (Å²) in [6, 6.07) is 6.54. The summed E-state index contributed by atoms with van der Waals surface area (Å²) in [5.41, 5.74) is 5.94. The summed E-state index contributed by atoms with van der Waals surface area (Å²) < 4.78 is 24.6. The summed E-state index contributed by atoms with van der Waals surface area (Å²) in [6.45, 7) is 3.66. The van der Waals surface area contributed by atoms with Crippen LogP contribution in [-0.2, 0) is 9.84 Å². The first-order chi connectivity index (χ1) is 9.94. The summed E-state index contributed by atoms with van der Waals surface area (Å²) in [5, 5.41) is 11.5. The van der Waals surface area contributed by atoms with Crippen molar-refractivity contribution in [2.45, 2.75) is 30.7 Å². The monoisotopic (exact) mass is 311 g/mol. The van der Waals surface area contributed by atoms with E-state index in [2.05, 4.69) is 17.0 Å². The number of nitrogens with two attached hydrogens (primary N) is 1. The molecular weight excluding hydrogens is 290 g/mol. The Kier molecular flexibility index (Phi) is 4.84. The van der Waals surface area contributed by atoms with Crippen LogP contribution in [-0.4, -0.2) is 49.2 Å². The van der Waals surface area contributed by atoms with E-state index in [9.17, 15) is 8.42 Å². The summed E-state index contributed by atoms with van der Waals surface area (Å²) in [6.07, 6.45) is 2.27. The van der Waals surface area contributed by atoms with Crippen LogP contribution in [0.5, 0.6) is 0 Å². The number of sulfone groups is 1. The van der Waals surface area contributed by atoms with Gasteiger partial charge < -0.3 is 10.9 Å². The predicted molar refractivity (Wildman–Crippen MR) is 81.3 cm³/mol. The van der Waals surface area contributed by atoms with E-state index in [0.717, 1.165) is 19.4 Å².